The van der Waals surface area contributed by atoms with Crippen molar-refractivity contribution in [3.63, 3.8) is 0 Å². The van der Waals surface area contributed by atoms with Crippen molar-refractivity contribution in [3.05, 3.63) is 75.5 Å². The maximum atomic E-state index is 12.9. The molecule has 0 spiro atoms. The molecule has 0 saturated carbocycles. The molecule has 1 aromatic heterocycles. The molecular weight excluding hydrogens is 398 g/mol. The van der Waals surface area contributed by atoms with E-state index < -0.39 is 4.92 Å². The molecule has 4 rings (SSSR count). The quantitative estimate of drug-likeness (QED) is 0.501. The highest BCUT2D eigenvalue weighted by Crippen LogP contribution is 2.30. The molecule has 2 aromatic carbocycles. The number of hydrogen-bond acceptors (Lipinski definition) is 5. The van der Waals surface area contributed by atoms with E-state index in [9.17, 15) is 19.7 Å². The highest BCUT2D eigenvalue weighted by atomic mass is 16.6. The molecule has 0 bridgehead atoms. The summed E-state index contributed by atoms with van der Waals surface area (Å²) < 4.78 is 1.53. The molecule has 0 atom stereocenters. The van der Waals surface area contributed by atoms with Crippen molar-refractivity contribution in [3.8, 4) is 5.69 Å². The second-order valence-electron chi connectivity index (χ2n) is 7.30. The Labute approximate surface area is 178 Å². The fourth-order valence-electron chi connectivity index (χ4n) is 3.68. The molecule has 158 valence electrons. The van der Waals surface area contributed by atoms with E-state index in [4.69, 9.17) is 0 Å². The Morgan fingerprint density at radius 3 is 2.58 bits per heavy atom. The molecule has 0 aliphatic carbocycles. The van der Waals surface area contributed by atoms with Crippen LogP contribution in [0.3, 0.4) is 0 Å². The second kappa shape index (κ2) is 8.02. The minimum atomic E-state index is -0.468. The van der Waals surface area contributed by atoms with Crippen LogP contribution in [-0.2, 0) is 11.2 Å². The zero-order valence-corrected chi connectivity index (χ0v) is 17.2. The lowest BCUT2D eigenvalue weighted by atomic mass is 10.1. The third-order valence-corrected chi connectivity index (χ3v) is 5.22. The van der Waals surface area contributed by atoms with Gasteiger partial charge in [-0.25, -0.2) is 4.68 Å². The van der Waals surface area contributed by atoms with Crippen molar-refractivity contribution < 1.29 is 14.5 Å². The Kier molecular flexibility index (Phi) is 5.24. The molecule has 2 heterocycles. The van der Waals surface area contributed by atoms with Crippen LogP contribution in [0.1, 0.15) is 35.0 Å². The number of nitrogens with zero attached hydrogens (tertiary/aromatic N) is 4. The van der Waals surface area contributed by atoms with Crippen LogP contribution in [0, 0.1) is 17.0 Å². The fourth-order valence-corrected chi connectivity index (χ4v) is 3.68. The summed E-state index contributed by atoms with van der Waals surface area (Å²) >= 11 is 0. The number of carbonyl (C=O) groups excluding carboxylic acids is 2. The predicted octanol–water partition coefficient (Wildman–Crippen LogP) is 3.64. The SMILES string of the molecule is CCC(=O)N1CCc2cc(C(=O)Nc3cc(C)nn3-c3ccc([N+](=O)[O-])cc3)ccc21. The first-order valence-corrected chi connectivity index (χ1v) is 9.93. The van der Waals surface area contributed by atoms with Gasteiger partial charge in [0.2, 0.25) is 5.91 Å². The third-order valence-electron chi connectivity index (χ3n) is 5.22. The van der Waals surface area contributed by atoms with Crippen molar-refractivity contribution in [1.82, 2.24) is 9.78 Å². The number of anilines is 2. The van der Waals surface area contributed by atoms with Gasteiger partial charge in [0, 0.05) is 42.4 Å². The minimum Gasteiger partial charge on any atom is -0.312 e. The summed E-state index contributed by atoms with van der Waals surface area (Å²) in [5.74, 6) is 0.226. The summed E-state index contributed by atoms with van der Waals surface area (Å²) in [5, 5.41) is 18.1. The number of hydrogen-bond donors (Lipinski definition) is 1. The van der Waals surface area contributed by atoms with Gasteiger partial charge in [0.05, 0.1) is 16.3 Å². The Bertz CT molecular complexity index is 1180. The summed E-state index contributed by atoms with van der Waals surface area (Å²) in [7, 11) is 0. The van der Waals surface area contributed by atoms with Gasteiger partial charge < -0.3 is 10.2 Å². The molecule has 1 aliphatic heterocycles. The number of aromatic nitrogens is 2. The number of benzene rings is 2. The number of fused-ring (bicyclic) bond motifs is 1. The summed E-state index contributed by atoms with van der Waals surface area (Å²) in [6.45, 7) is 4.25. The summed E-state index contributed by atoms with van der Waals surface area (Å²) in [4.78, 5) is 37.1. The van der Waals surface area contributed by atoms with Crippen molar-refractivity contribution in [2.45, 2.75) is 26.7 Å². The average Bonchev–Trinajstić information content (AvgIpc) is 3.35. The van der Waals surface area contributed by atoms with Crippen molar-refractivity contribution in [2.24, 2.45) is 0 Å². The average molecular weight is 419 g/mol. The first-order chi connectivity index (χ1) is 14.9. The Hall–Kier alpha value is -4.01. The molecule has 0 fully saturated rings. The Morgan fingerprint density at radius 1 is 1.16 bits per heavy atom. The third kappa shape index (κ3) is 3.89. The number of nitro groups is 1. The van der Waals surface area contributed by atoms with Crippen molar-refractivity contribution in [1.29, 1.82) is 0 Å². The van der Waals surface area contributed by atoms with E-state index in [1.54, 1.807) is 36.1 Å². The van der Waals surface area contributed by atoms with E-state index in [1.165, 1.54) is 16.8 Å². The number of aryl methyl sites for hydroxylation is 1. The first kappa shape index (κ1) is 20.3. The molecule has 1 N–H and O–H groups in total. The van der Waals surface area contributed by atoms with Crippen LogP contribution in [0.5, 0.6) is 0 Å². The molecule has 0 unspecified atom stereocenters. The van der Waals surface area contributed by atoms with Gasteiger partial charge in [-0.3, -0.25) is 19.7 Å². The highest BCUT2D eigenvalue weighted by molar-refractivity contribution is 6.05. The molecule has 31 heavy (non-hydrogen) atoms. The second-order valence-corrected chi connectivity index (χ2v) is 7.30. The van der Waals surface area contributed by atoms with Crippen LogP contribution in [0.25, 0.3) is 5.69 Å². The van der Waals surface area contributed by atoms with E-state index in [2.05, 4.69) is 10.4 Å². The van der Waals surface area contributed by atoms with E-state index >= 15 is 0 Å². The number of amides is 2. The Balaban J connectivity index is 1.57. The van der Waals surface area contributed by atoms with Crippen LogP contribution in [0.2, 0.25) is 0 Å². The fraction of sp³-hybridized carbons (Fsp3) is 0.227. The lowest BCUT2D eigenvalue weighted by Crippen LogP contribution is -2.27. The maximum absolute atomic E-state index is 12.9. The standard InChI is InChI=1S/C22H21N5O4/c1-3-21(28)25-11-10-15-13-16(4-9-19(15)25)22(29)23-20-12-14(2)24-26(20)17-5-7-18(8-6-17)27(30)31/h4-9,12-13H,3,10-11H2,1-2H3,(H,23,29). The number of carbonyl (C=O) groups is 2. The summed E-state index contributed by atoms with van der Waals surface area (Å²) in [6, 6.07) is 13.0. The predicted molar refractivity (Wildman–Crippen MR) is 116 cm³/mol. The molecule has 3 aromatic rings. The van der Waals surface area contributed by atoms with E-state index in [1.807, 2.05) is 19.1 Å². The first-order valence-electron chi connectivity index (χ1n) is 9.93. The van der Waals surface area contributed by atoms with Crippen LogP contribution in [-0.4, -0.2) is 33.1 Å². The molecule has 2 amide bonds. The minimum absolute atomic E-state index is 0.0213. The smallest absolute Gasteiger partial charge is 0.269 e. The number of nitro benzene ring substituents is 1. The molecule has 1 aliphatic rings. The van der Waals surface area contributed by atoms with Gasteiger partial charge in [0.15, 0.2) is 0 Å². The lowest BCUT2D eigenvalue weighted by molar-refractivity contribution is -0.384. The van der Waals surface area contributed by atoms with Crippen LogP contribution >= 0.6 is 0 Å². The largest absolute Gasteiger partial charge is 0.312 e. The van der Waals surface area contributed by atoms with Crippen molar-refractivity contribution >= 4 is 29.0 Å². The molecule has 9 nitrogen and oxygen atoms in total. The van der Waals surface area contributed by atoms with Gasteiger partial charge in [-0.1, -0.05) is 6.92 Å². The number of rotatable bonds is 5. The summed E-state index contributed by atoms with van der Waals surface area (Å²) in [6.07, 6.45) is 1.15. The van der Waals surface area contributed by atoms with E-state index in [0.717, 1.165) is 11.3 Å². The molecule has 9 heteroatoms. The van der Waals surface area contributed by atoms with Gasteiger partial charge in [-0.05, 0) is 49.2 Å². The topological polar surface area (TPSA) is 110 Å². The lowest BCUT2D eigenvalue weighted by Gasteiger charge is -2.16. The van der Waals surface area contributed by atoms with Gasteiger partial charge in [0.1, 0.15) is 5.82 Å². The van der Waals surface area contributed by atoms with Crippen molar-refractivity contribution in [2.75, 3.05) is 16.8 Å². The van der Waals surface area contributed by atoms with Gasteiger partial charge in [0.25, 0.3) is 11.6 Å². The molecule has 0 radical (unpaired) electrons. The van der Waals surface area contributed by atoms with Gasteiger partial charge in [-0.2, -0.15) is 5.10 Å². The van der Waals surface area contributed by atoms with Gasteiger partial charge in [-0.15, -0.1) is 0 Å². The maximum Gasteiger partial charge on any atom is 0.269 e. The highest BCUT2D eigenvalue weighted by Gasteiger charge is 2.24. The van der Waals surface area contributed by atoms with E-state index in [-0.39, 0.29) is 17.5 Å². The van der Waals surface area contributed by atoms with Gasteiger partial charge >= 0.3 is 0 Å². The monoisotopic (exact) mass is 419 g/mol. The summed E-state index contributed by atoms with van der Waals surface area (Å²) in [5.41, 5.74) is 3.57. The zero-order valence-electron chi connectivity index (χ0n) is 17.2. The Morgan fingerprint density at radius 2 is 1.90 bits per heavy atom. The van der Waals surface area contributed by atoms with E-state index in [0.29, 0.717) is 42.1 Å². The zero-order chi connectivity index (χ0) is 22.1. The van der Waals surface area contributed by atoms with Crippen LogP contribution < -0.4 is 10.2 Å². The normalized spacial score (nSPS) is 12.5. The van der Waals surface area contributed by atoms with Crippen LogP contribution in [0.4, 0.5) is 17.2 Å². The molecular formula is C22H21N5O4. The van der Waals surface area contributed by atoms with Crippen LogP contribution in [0.15, 0.2) is 48.5 Å². The number of non-ortho nitro benzene ring substituents is 1. The number of nitrogens with one attached hydrogen (secondary N) is 1. The molecule has 0 saturated heterocycles.